The summed E-state index contributed by atoms with van der Waals surface area (Å²) in [5, 5.41) is 4.71. The quantitative estimate of drug-likeness (QED) is 0.366. The van der Waals surface area contributed by atoms with Crippen LogP contribution in [-0.4, -0.2) is 32.9 Å². The smallest absolute Gasteiger partial charge is 0.277 e. The molecule has 3 rings (SSSR count). The number of methoxy groups -OCH3 is 2. The summed E-state index contributed by atoms with van der Waals surface area (Å²) in [5.41, 5.74) is 4.22. The Morgan fingerprint density at radius 2 is 1.81 bits per heavy atom. The molecule has 0 radical (unpaired) electrons. The third-order valence-corrected chi connectivity index (χ3v) is 6.36. The molecule has 2 aromatic carbocycles. The Morgan fingerprint density at radius 1 is 1.13 bits per heavy atom. The Hall–Kier alpha value is -2.25. The van der Waals surface area contributed by atoms with Crippen LogP contribution in [0.4, 0.5) is 0 Å². The first-order valence-electron chi connectivity index (χ1n) is 10.2. The van der Waals surface area contributed by atoms with Crippen LogP contribution in [0.1, 0.15) is 49.1 Å². The predicted octanol–water partition coefficient (Wildman–Crippen LogP) is 5.70. The van der Waals surface area contributed by atoms with Crippen molar-refractivity contribution in [1.82, 2.24) is 5.43 Å². The van der Waals surface area contributed by atoms with Crippen molar-refractivity contribution in [2.24, 2.45) is 5.10 Å². The molecule has 1 saturated carbocycles. The molecule has 1 N–H and O–H groups in total. The third kappa shape index (κ3) is 6.14. The summed E-state index contributed by atoms with van der Waals surface area (Å²) in [7, 11) is 3.14. The van der Waals surface area contributed by atoms with E-state index in [1.54, 1.807) is 32.4 Å². The first kappa shape index (κ1) is 23.4. The van der Waals surface area contributed by atoms with E-state index in [1.807, 2.05) is 12.1 Å². The minimum Gasteiger partial charge on any atom is -0.496 e. The number of benzene rings is 2. The Kier molecular flexibility index (Phi) is 8.60. The van der Waals surface area contributed by atoms with Gasteiger partial charge in [-0.1, -0.05) is 30.9 Å². The monoisotopic (exact) mass is 508 g/mol. The number of hydrogen-bond acceptors (Lipinski definition) is 5. The lowest BCUT2D eigenvalue weighted by atomic mass is 9.84. The van der Waals surface area contributed by atoms with Gasteiger partial charge in [0.05, 0.1) is 30.5 Å². The number of rotatable bonds is 8. The van der Waals surface area contributed by atoms with Crippen LogP contribution in [0.15, 0.2) is 39.9 Å². The van der Waals surface area contributed by atoms with Gasteiger partial charge in [-0.2, -0.15) is 5.10 Å². The number of carbonyl (C=O) groups excluding carboxylic acids is 1. The molecule has 166 valence electrons. The van der Waals surface area contributed by atoms with E-state index < -0.39 is 0 Å². The molecule has 0 heterocycles. The predicted molar refractivity (Wildman–Crippen MR) is 126 cm³/mol. The molecule has 0 unspecified atom stereocenters. The molecule has 31 heavy (non-hydrogen) atoms. The molecular weight excluding hydrogens is 484 g/mol. The number of halogens is 2. The fraction of sp³-hybridized carbons (Fsp3) is 0.391. The lowest BCUT2D eigenvalue weighted by molar-refractivity contribution is -0.123. The lowest BCUT2D eigenvalue weighted by Gasteiger charge is -2.24. The largest absolute Gasteiger partial charge is 0.496 e. The average Bonchev–Trinajstić information content (AvgIpc) is 2.79. The van der Waals surface area contributed by atoms with E-state index in [4.69, 9.17) is 25.8 Å². The Bertz CT molecular complexity index is 945. The topological polar surface area (TPSA) is 69.2 Å². The fourth-order valence-electron chi connectivity index (χ4n) is 3.74. The minimum atomic E-state index is -0.362. The van der Waals surface area contributed by atoms with Crippen molar-refractivity contribution in [3.8, 4) is 17.2 Å². The van der Waals surface area contributed by atoms with E-state index >= 15 is 0 Å². The zero-order chi connectivity index (χ0) is 22.2. The second-order valence-corrected chi connectivity index (χ2v) is 8.53. The minimum absolute atomic E-state index is 0.144. The molecule has 1 aliphatic carbocycles. The van der Waals surface area contributed by atoms with Crippen LogP contribution in [0.2, 0.25) is 5.02 Å². The van der Waals surface area contributed by atoms with Crippen molar-refractivity contribution in [2.75, 3.05) is 20.8 Å². The molecule has 1 amide bonds. The normalized spacial score (nSPS) is 14.5. The summed E-state index contributed by atoms with van der Waals surface area (Å²) >= 11 is 9.68. The maximum Gasteiger partial charge on any atom is 0.277 e. The second kappa shape index (κ2) is 11.4. The van der Waals surface area contributed by atoms with Crippen LogP contribution in [0.5, 0.6) is 17.2 Å². The lowest BCUT2D eigenvalue weighted by Crippen LogP contribution is -2.25. The number of nitrogens with zero attached hydrogens (tertiary/aromatic N) is 1. The van der Waals surface area contributed by atoms with Gasteiger partial charge in [-0.3, -0.25) is 4.79 Å². The Labute approximate surface area is 196 Å². The van der Waals surface area contributed by atoms with Gasteiger partial charge >= 0.3 is 0 Å². The number of hydrogen-bond donors (Lipinski definition) is 1. The number of nitrogens with one attached hydrogen (secondary N) is 1. The summed E-state index contributed by atoms with van der Waals surface area (Å²) in [5.74, 6) is 1.99. The maximum atomic E-state index is 12.3. The van der Waals surface area contributed by atoms with Gasteiger partial charge in [-0.15, -0.1) is 0 Å². The second-order valence-electron chi connectivity index (χ2n) is 7.30. The van der Waals surface area contributed by atoms with Gasteiger partial charge in [-0.05, 0) is 70.6 Å². The first-order chi connectivity index (χ1) is 15.0. The number of hydrazone groups is 1. The third-order valence-electron chi connectivity index (χ3n) is 5.30. The highest BCUT2D eigenvalue weighted by molar-refractivity contribution is 9.10. The van der Waals surface area contributed by atoms with Crippen molar-refractivity contribution >= 4 is 39.7 Å². The molecular formula is C23H26BrClN2O4. The van der Waals surface area contributed by atoms with Crippen LogP contribution in [-0.2, 0) is 4.79 Å². The van der Waals surface area contributed by atoms with Crippen molar-refractivity contribution in [2.45, 2.75) is 38.0 Å². The summed E-state index contributed by atoms with van der Waals surface area (Å²) in [6.07, 6.45) is 7.40. The van der Waals surface area contributed by atoms with E-state index in [0.717, 1.165) is 18.4 Å². The Morgan fingerprint density at radius 3 is 2.52 bits per heavy atom. The van der Waals surface area contributed by atoms with Gasteiger partial charge in [0, 0.05) is 5.02 Å². The van der Waals surface area contributed by atoms with E-state index in [2.05, 4.69) is 26.5 Å². The highest BCUT2D eigenvalue weighted by Gasteiger charge is 2.20. The summed E-state index contributed by atoms with van der Waals surface area (Å²) < 4.78 is 17.1. The van der Waals surface area contributed by atoms with Gasteiger partial charge in [0.15, 0.2) is 6.61 Å². The summed E-state index contributed by atoms with van der Waals surface area (Å²) in [6.45, 7) is -0.144. The van der Waals surface area contributed by atoms with Crippen molar-refractivity contribution < 1.29 is 19.0 Å². The van der Waals surface area contributed by atoms with Gasteiger partial charge in [0.2, 0.25) is 0 Å². The molecule has 8 heteroatoms. The molecule has 0 atom stereocenters. The SMILES string of the molecule is COc1ccc(OC)c(C=NNC(=O)COc2ccc(Cl)cc2C2CCCCC2)c1Br. The molecule has 2 aromatic rings. The molecule has 1 fully saturated rings. The molecule has 0 saturated heterocycles. The van der Waals surface area contributed by atoms with Gasteiger partial charge in [0.1, 0.15) is 17.2 Å². The molecule has 0 aliphatic heterocycles. The number of ether oxygens (including phenoxy) is 3. The van der Waals surface area contributed by atoms with Gasteiger partial charge < -0.3 is 14.2 Å². The molecule has 1 aliphatic rings. The standard InChI is InChI=1S/C23H26BrClN2O4/c1-29-19-10-11-21(30-2)23(24)18(19)13-26-27-22(28)14-31-20-9-8-16(25)12-17(20)15-6-4-3-5-7-15/h8-13,15H,3-7,14H2,1-2H3,(H,27,28). The van der Waals surface area contributed by atoms with Crippen LogP contribution in [0, 0.1) is 0 Å². The van der Waals surface area contributed by atoms with Crippen molar-refractivity contribution in [3.05, 3.63) is 51.0 Å². The number of carbonyl (C=O) groups is 1. The van der Waals surface area contributed by atoms with Crippen molar-refractivity contribution in [1.29, 1.82) is 0 Å². The van der Waals surface area contributed by atoms with Crippen LogP contribution >= 0.6 is 27.5 Å². The van der Waals surface area contributed by atoms with Crippen LogP contribution in [0.25, 0.3) is 0 Å². The summed E-state index contributed by atoms with van der Waals surface area (Å²) in [4.78, 5) is 12.3. The fourth-order valence-corrected chi connectivity index (χ4v) is 4.51. The average molecular weight is 510 g/mol. The highest BCUT2D eigenvalue weighted by atomic mass is 79.9. The van der Waals surface area contributed by atoms with Crippen LogP contribution < -0.4 is 19.6 Å². The van der Waals surface area contributed by atoms with E-state index in [9.17, 15) is 4.79 Å². The molecule has 0 bridgehead atoms. The molecule has 0 aromatic heterocycles. The Balaban J connectivity index is 1.63. The zero-order valence-electron chi connectivity index (χ0n) is 17.6. The van der Waals surface area contributed by atoms with E-state index in [0.29, 0.717) is 38.2 Å². The molecule has 6 nitrogen and oxygen atoms in total. The zero-order valence-corrected chi connectivity index (χ0v) is 20.0. The van der Waals surface area contributed by atoms with Crippen molar-refractivity contribution in [3.63, 3.8) is 0 Å². The highest BCUT2D eigenvalue weighted by Crippen LogP contribution is 2.38. The van der Waals surface area contributed by atoms with E-state index in [-0.39, 0.29) is 12.5 Å². The maximum absolute atomic E-state index is 12.3. The number of amides is 1. The van der Waals surface area contributed by atoms with Gasteiger partial charge in [0.25, 0.3) is 5.91 Å². The van der Waals surface area contributed by atoms with Gasteiger partial charge in [-0.25, -0.2) is 5.43 Å². The summed E-state index contributed by atoms with van der Waals surface area (Å²) in [6, 6.07) is 9.12. The van der Waals surface area contributed by atoms with Crippen LogP contribution in [0.3, 0.4) is 0 Å². The van der Waals surface area contributed by atoms with E-state index in [1.165, 1.54) is 25.5 Å². The molecule has 0 spiro atoms. The first-order valence-corrected chi connectivity index (χ1v) is 11.3.